The first-order valence-corrected chi connectivity index (χ1v) is 15.5. The molecule has 184 valence electrons. The van der Waals surface area contributed by atoms with Crippen LogP contribution in [0.3, 0.4) is 0 Å². The molecule has 2 heterocycles. The van der Waals surface area contributed by atoms with Gasteiger partial charge in [0.2, 0.25) is 0 Å². The van der Waals surface area contributed by atoms with Crippen molar-refractivity contribution in [3.63, 3.8) is 0 Å². The normalized spacial score (nSPS) is 19.1. The number of rotatable bonds is 5. The number of fused-ring (bicyclic) bond motifs is 1. The second-order valence-corrected chi connectivity index (χ2v) is 14.4. The zero-order valence-corrected chi connectivity index (χ0v) is 22.7. The maximum absolute atomic E-state index is 12.8. The molecule has 0 bridgehead atoms. The third-order valence-electron chi connectivity index (χ3n) is 7.31. The molecule has 1 fully saturated rings. The number of hydrogen-bond acceptors (Lipinski definition) is 7. The van der Waals surface area contributed by atoms with E-state index in [1.165, 1.54) is 22.9 Å². The molecule has 1 aromatic heterocycles. The largest absolute Gasteiger partial charge is 0.496 e. The molecule has 0 amide bonds. The number of anilines is 1. The zero-order valence-electron chi connectivity index (χ0n) is 20.2. The summed E-state index contributed by atoms with van der Waals surface area (Å²) in [6, 6.07) is 12.4. The highest BCUT2D eigenvalue weighted by atomic mass is 35.5. The van der Waals surface area contributed by atoms with Gasteiger partial charge in [0, 0.05) is 24.0 Å². The summed E-state index contributed by atoms with van der Waals surface area (Å²) in [6.07, 6.45) is 6.75. The zero-order chi connectivity index (χ0) is 24.8. The molecule has 1 aliphatic heterocycles. The summed E-state index contributed by atoms with van der Waals surface area (Å²) in [5.74, 6) is 1.42. The van der Waals surface area contributed by atoms with Gasteiger partial charge in [0.25, 0.3) is 0 Å². The molecule has 2 N–H and O–H groups in total. The van der Waals surface area contributed by atoms with Crippen molar-refractivity contribution in [2.24, 2.45) is 11.1 Å². The van der Waals surface area contributed by atoms with E-state index in [2.05, 4.69) is 34.1 Å². The number of halogens is 1. The predicted octanol–water partition coefficient (Wildman–Crippen LogP) is 5.38. The fourth-order valence-corrected chi connectivity index (χ4v) is 8.41. The Hall–Kier alpha value is -2.05. The average Bonchev–Trinajstić information content (AvgIpc) is 3.11. The lowest BCUT2D eigenvalue weighted by Crippen LogP contribution is -2.44. The molecule has 2 aromatic carbocycles. The van der Waals surface area contributed by atoms with E-state index in [0.29, 0.717) is 16.1 Å². The number of piperidine rings is 1. The summed E-state index contributed by atoms with van der Waals surface area (Å²) in [6.45, 7) is 5.22. The summed E-state index contributed by atoms with van der Waals surface area (Å²) >= 11 is 8.06. The molecule has 0 unspecified atom stereocenters. The molecule has 9 heteroatoms. The van der Waals surface area contributed by atoms with E-state index in [-0.39, 0.29) is 11.5 Å². The number of nitrogens with zero attached hydrogens (tertiary/aromatic N) is 3. The second-order valence-electron chi connectivity index (χ2n) is 9.80. The molecule has 0 saturated carbocycles. The Morgan fingerprint density at radius 1 is 1.14 bits per heavy atom. The molecule has 1 spiro atoms. The maximum atomic E-state index is 12.8. The van der Waals surface area contributed by atoms with E-state index in [4.69, 9.17) is 27.1 Å². The lowest BCUT2D eigenvalue weighted by molar-refractivity contribution is 0.187. The first-order valence-electron chi connectivity index (χ1n) is 11.7. The minimum absolute atomic E-state index is 0.103. The van der Waals surface area contributed by atoms with Crippen LogP contribution in [0.5, 0.6) is 5.75 Å². The molecule has 6 nitrogen and oxygen atoms in total. The van der Waals surface area contributed by atoms with Crippen molar-refractivity contribution in [1.82, 2.24) is 9.97 Å². The first kappa shape index (κ1) is 24.6. The van der Waals surface area contributed by atoms with Crippen molar-refractivity contribution in [2.75, 3.05) is 38.4 Å². The minimum atomic E-state index is -2.63. The van der Waals surface area contributed by atoms with Gasteiger partial charge in [-0.1, -0.05) is 47.6 Å². The Bertz CT molecular complexity index is 1290. The van der Waals surface area contributed by atoms with Crippen LogP contribution >= 0.6 is 30.5 Å². The molecule has 3 aromatic rings. The van der Waals surface area contributed by atoms with Crippen LogP contribution in [0, 0.1) is 5.41 Å². The van der Waals surface area contributed by atoms with E-state index < -0.39 is 7.14 Å². The van der Waals surface area contributed by atoms with Crippen molar-refractivity contribution in [3.05, 3.63) is 64.9 Å². The maximum Gasteiger partial charge on any atom is 0.147 e. The van der Waals surface area contributed by atoms with Gasteiger partial charge in [0.15, 0.2) is 0 Å². The van der Waals surface area contributed by atoms with Gasteiger partial charge < -0.3 is 19.9 Å². The summed E-state index contributed by atoms with van der Waals surface area (Å²) in [5.41, 5.74) is 9.57. The molecule has 35 heavy (non-hydrogen) atoms. The van der Waals surface area contributed by atoms with Crippen molar-refractivity contribution < 1.29 is 9.30 Å². The highest BCUT2D eigenvalue weighted by Crippen LogP contribution is 2.51. The van der Waals surface area contributed by atoms with Crippen molar-refractivity contribution in [3.8, 4) is 5.75 Å². The van der Waals surface area contributed by atoms with Crippen molar-refractivity contribution in [1.29, 1.82) is 0 Å². The smallest absolute Gasteiger partial charge is 0.147 e. The highest BCUT2D eigenvalue weighted by Gasteiger charge is 2.45. The van der Waals surface area contributed by atoms with Gasteiger partial charge >= 0.3 is 0 Å². The van der Waals surface area contributed by atoms with Gasteiger partial charge in [-0.2, -0.15) is 0 Å². The van der Waals surface area contributed by atoms with Crippen LogP contribution in [-0.2, 0) is 11.0 Å². The Balaban J connectivity index is 1.28. The Morgan fingerprint density at radius 3 is 2.51 bits per heavy atom. The third kappa shape index (κ3) is 4.60. The Morgan fingerprint density at radius 2 is 1.89 bits per heavy atom. The van der Waals surface area contributed by atoms with E-state index in [0.717, 1.165) is 48.1 Å². The summed E-state index contributed by atoms with van der Waals surface area (Å²) < 4.78 is 18.2. The number of aromatic nitrogens is 2. The van der Waals surface area contributed by atoms with Crippen LogP contribution in [0.25, 0.3) is 0 Å². The van der Waals surface area contributed by atoms with Crippen LogP contribution in [0.4, 0.5) is 5.82 Å². The highest BCUT2D eigenvalue weighted by molar-refractivity contribution is 7.99. The quantitative estimate of drug-likeness (QED) is 0.445. The molecule has 1 atom stereocenters. The minimum Gasteiger partial charge on any atom is -0.496 e. The Kier molecular flexibility index (Phi) is 6.64. The second kappa shape index (κ2) is 9.44. The van der Waals surface area contributed by atoms with Gasteiger partial charge in [-0.05, 0) is 61.3 Å². The lowest BCUT2D eigenvalue weighted by atomic mass is 9.73. The summed E-state index contributed by atoms with van der Waals surface area (Å²) in [5, 5.41) is 1.74. The molecule has 5 rings (SSSR count). The van der Waals surface area contributed by atoms with Crippen molar-refractivity contribution >= 4 is 41.6 Å². The van der Waals surface area contributed by atoms with Gasteiger partial charge in [0.05, 0.1) is 29.8 Å². The molecule has 1 aliphatic carbocycles. The van der Waals surface area contributed by atoms with E-state index in [1.54, 1.807) is 32.7 Å². The molecular formula is C26H30ClN4O2PS. The van der Waals surface area contributed by atoms with Gasteiger partial charge in [-0.25, -0.2) is 9.97 Å². The molecule has 1 saturated heterocycles. The van der Waals surface area contributed by atoms with E-state index in [9.17, 15) is 4.57 Å². The average molecular weight is 529 g/mol. The van der Waals surface area contributed by atoms with E-state index >= 15 is 0 Å². The predicted molar refractivity (Wildman–Crippen MR) is 144 cm³/mol. The van der Waals surface area contributed by atoms with Gasteiger partial charge in [-0.3, -0.25) is 0 Å². The van der Waals surface area contributed by atoms with Crippen LogP contribution in [0.2, 0.25) is 5.02 Å². The molecule has 0 radical (unpaired) electrons. The number of methoxy groups -OCH3 is 1. The van der Waals surface area contributed by atoms with Crippen molar-refractivity contribution in [2.45, 2.75) is 35.2 Å². The number of nitrogens with two attached hydrogens (primary N) is 1. The fourth-order valence-electron chi connectivity index (χ4n) is 5.40. The molecular weight excluding hydrogens is 499 g/mol. The standard InChI is InChI=1S/C26H30ClN4O2PS/c1-33-19-8-9-20(23(27)24(19)34(2,3)32)35-22-16-29-21(15-30-22)31-12-10-26(11-13-31)14-17-6-4-5-7-18(17)25(26)28/h4-9,15-16,25H,10-14,28H2,1-3H3/t25-/m1/s1. The van der Waals surface area contributed by atoms with Crippen LogP contribution in [0.15, 0.2) is 58.7 Å². The monoisotopic (exact) mass is 528 g/mol. The van der Waals surface area contributed by atoms with Crippen LogP contribution in [-0.4, -0.2) is 43.5 Å². The topological polar surface area (TPSA) is 81.3 Å². The summed E-state index contributed by atoms with van der Waals surface area (Å²) in [4.78, 5) is 12.4. The van der Waals surface area contributed by atoms with E-state index in [1.807, 2.05) is 12.3 Å². The van der Waals surface area contributed by atoms with Crippen LogP contribution < -0.4 is 20.7 Å². The third-order valence-corrected chi connectivity index (χ3v) is 10.4. The number of ether oxygens (including phenoxy) is 1. The van der Waals surface area contributed by atoms with Gasteiger partial charge in [0.1, 0.15) is 23.7 Å². The fraction of sp³-hybridized carbons (Fsp3) is 0.385. The number of benzene rings is 2. The first-order chi connectivity index (χ1) is 16.7. The number of hydrogen-bond donors (Lipinski definition) is 1. The van der Waals surface area contributed by atoms with Crippen LogP contribution in [0.1, 0.15) is 30.0 Å². The SMILES string of the molecule is COc1ccc(Sc2cnc(N3CCC4(CC3)Cc3ccccc3[C@H]4N)cn2)c(Cl)c1P(C)(C)=O. The van der Waals surface area contributed by atoms with Gasteiger partial charge in [-0.15, -0.1) is 0 Å². The molecule has 2 aliphatic rings. The summed E-state index contributed by atoms with van der Waals surface area (Å²) in [7, 11) is -1.07. The lowest BCUT2D eigenvalue weighted by Gasteiger charge is -2.42. The Labute approximate surface area is 216 Å².